The quantitative estimate of drug-likeness (QED) is 0.696. The molecule has 13 heavy (non-hydrogen) atoms. The zero-order valence-electron chi connectivity index (χ0n) is 10.1. The predicted molar refractivity (Wildman–Crippen MR) is 59.9 cm³/mol. The lowest BCUT2D eigenvalue weighted by Gasteiger charge is -2.23. The smallest absolute Gasteiger partial charge is 0.0445 e. The molecule has 0 aromatic heterocycles. The van der Waals surface area contributed by atoms with E-state index in [4.69, 9.17) is 5.11 Å². The van der Waals surface area contributed by atoms with E-state index < -0.39 is 0 Å². The Balaban J connectivity index is 0. The van der Waals surface area contributed by atoms with E-state index in [1.165, 1.54) is 0 Å². The van der Waals surface area contributed by atoms with Gasteiger partial charge in [0.25, 0.3) is 0 Å². The van der Waals surface area contributed by atoms with Crippen LogP contribution in [0, 0.1) is 5.92 Å². The molecule has 0 rings (SSSR count). The van der Waals surface area contributed by atoms with Gasteiger partial charge in [-0.05, 0) is 12.3 Å². The highest BCUT2D eigenvalue weighted by atomic mass is 16.3. The zero-order chi connectivity index (χ0) is 10.9. The van der Waals surface area contributed by atoms with Crippen LogP contribution in [0.4, 0.5) is 0 Å². The second kappa shape index (κ2) is 10.0. The lowest BCUT2D eigenvalue weighted by molar-refractivity contribution is 0.238. The molecular formula is C11H27NO. The first-order valence-electron chi connectivity index (χ1n) is 5.44. The minimum absolute atomic E-state index is 0.280. The molecule has 0 spiro atoms. The summed E-state index contributed by atoms with van der Waals surface area (Å²) in [5.74, 6) is 0.601. The number of aliphatic hydroxyl groups is 1. The van der Waals surface area contributed by atoms with Crippen molar-refractivity contribution >= 4 is 0 Å². The van der Waals surface area contributed by atoms with Crippen molar-refractivity contribution < 1.29 is 5.11 Å². The molecule has 2 nitrogen and oxygen atoms in total. The summed E-state index contributed by atoms with van der Waals surface area (Å²) in [5, 5.41) is 12.2. The third-order valence-electron chi connectivity index (χ3n) is 1.79. The van der Waals surface area contributed by atoms with Crippen molar-refractivity contribution in [2.75, 3.05) is 6.61 Å². The van der Waals surface area contributed by atoms with Gasteiger partial charge >= 0.3 is 0 Å². The Hall–Kier alpha value is -0.0800. The largest absolute Gasteiger partial charge is 0.396 e. The van der Waals surface area contributed by atoms with Gasteiger partial charge in [-0.15, -0.1) is 0 Å². The molecule has 0 aliphatic carbocycles. The molecule has 0 radical (unpaired) electrons. The fourth-order valence-corrected chi connectivity index (χ4v) is 1.18. The van der Waals surface area contributed by atoms with Gasteiger partial charge in [-0.1, -0.05) is 41.5 Å². The number of nitrogens with one attached hydrogen (secondary N) is 1. The summed E-state index contributed by atoms with van der Waals surface area (Å²) in [7, 11) is 0. The number of rotatable bonds is 5. The van der Waals surface area contributed by atoms with E-state index in [1.54, 1.807) is 0 Å². The van der Waals surface area contributed by atoms with Gasteiger partial charge in [-0.3, -0.25) is 0 Å². The van der Waals surface area contributed by atoms with Crippen LogP contribution in [0.25, 0.3) is 0 Å². The highest BCUT2D eigenvalue weighted by molar-refractivity contribution is 4.71. The topological polar surface area (TPSA) is 32.3 Å². The second-order valence-electron chi connectivity index (χ2n) is 3.68. The zero-order valence-corrected chi connectivity index (χ0v) is 10.1. The summed E-state index contributed by atoms with van der Waals surface area (Å²) in [6.07, 6.45) is 0.857. The summed E-state index contributed by atoms with van der Waals surface area (Å²) in [4.78, 5) is 0. The Morgan fingerprint density at radius 2 is 1.54 bits per heavy atom. The molecule has 0 aliphatic rings. The first kappa shape index (κ1) is 15.4. The lowest BCUT2D eigenvalue weighted by Crippen LogP contribution is -2.39. The van der Waals surface area contributed by atoms with Crippen LogP contribution in [-0.4, -0.2) is 23.8 Å². The molecular weight excluding hydrogens is 162 g/mol. The molecule has 1 atom stereocenters. The SMILES string of the molecule is CC.CC(C)NC(CCO)C(C)C. The van der Waals surface area contributed by atoms with Crippen LogP contribution in [-0.2, 0) is 0 Å². The van der Waals surface area contributed by atoms with Crippen molar-refractivity contribution in [2.45, 2.75) is 60.0 Å². The Labute approximate surface area is 83.7 Å². The fraction of sp³-hybridized carbons (Fsp3) is 1.00. The normalized spacial score (nSPS) is 12.7. The maximum atomic E-state index is 8.76. The van der Waals surface area contributed by atoms with Crippen LogP contribution < -0.4 is 5.32 Å². The van der Waals surface area contributed by atoms with Crippen LogP contribution in [0.5, 0.6) is 0 Å². The molecule has 0 amide bonds. The fourth-order valence-electron chi connectivity index (χ4n) is 1.18. The van der Waals surface area contributed by atoms with Crippen molar-refractivity contribution in [3.8, 4) is 0 Å². The van der Waals surface area contributed by atoms with E-state index >= 15 is 0 Å². The Bertz CT molecular complexity index is 92.1. The third kappa shape index (κ3) is 9.84. The molecule has 0 aromatic rings. The number of aliphatic hydroxyl groups excluding tert-OH is 1. The summed E-state index contributed by atoms with van der Waals surface area (Å²) < 4.78 is 0. The van der Waals surface area contributed by atoms with Gasteiger partial charge in [0, 0.05) is 18.7 Å². The first-order valence-corrected chi connectivity index (χ1v) is 5.44. The lowest BCUT2D eigenvalue weighted by atomic mass is 10.0. The summed E-state index contributed by atoms with van der Waals surface area (Å²) >= 11 is 0. The van der Waals surface area contributed by atoms with Gasteiger partial charge in [0.15, 0.2) is 0 Å². The molecule has 82 valence electrons. The van der Waals surface area contributed by atoms with Crippen molar-refractivity contribution in [3.63, 3.8) is 0 Å². The highest BCUT2D eigenvalue weighted by Gasteiger charge is 2.12. The number of hydrogen-bond donors (Lipinski definition) is 2. The molecule has 2 N–H and O–H groups in total. The van der Waals surface area contributed by atoms with Gasteiger partial charge in [-0.25, -0.2) is 0 Å². The monoisotopic (exact) mass is 189 g/mol. The van der Waals surface area contributed by atoms with Crippen LogP contribution >= 0.6 is 0 Å². The molecule has 2 heteroatoms. The van der Waals surface area contributed by atoms with E-state index in [0.29, 0.717) is 18.0 Å². The van der Waals surface area contributed by atoms with Crippen LogP contribution in [0.3, 0.4) is 0 Å². The van der Waals surface area contributed by atoms with Gasteiger partial charge in [-0.2, -0.15) is 0 Å². The Morgan fingerprint density at radius 1 is 1.08 bits per heavy atom. The highest BCUT2D eigenvalue weighted by Crippen LogP contribution is 2.06. The first-order chi connectivity index (χ1) is 6.07. The standard InChI is InChI=1S/C9H21NO.C2H6/c1-7(2)9(5-6-11)10-8(3)4;1-2/h7-11H,5-6H2,1-4H3;1-2H3. The van der Waals surface area contributed by atoms with Crippen molar-refractivity contribution in [1.82, 2.24) is 5.32 Å². The van der Waals surface area contributed by atoms with E-state index in [9.17, 15) is 0 Å². The average Bonchev–Trinajstić information content (AvgIpc) is 2.06. The molecule has 0 saturated carbocycles. The van der Waals surface area contributed by atoms with Gasteiger partial charge in [0.1, 0.15) is 0 Å². The van der Waals surface area contributed by atoms with Gasteiger partial charge in [0.05, 0.1) is 0 Å². The average molecular weight is 189 g/mol. The molecule has 0 heterocycles. The molecule has 0 aliphatic heterocycles. The van der Waals surface area contributed by atoms with Gasteiger partial charge in [0.2, 0.25) is 0 Å². The summed E-state index contributed by atoms with van der Waals surface area (Å²) in [6, 6.07) is 0.967. The van der Waals surface area contributed by atoms with Crippen LogP contribution in [0.15, 0.2) is 0 Å². The van der Waals surface area contributed by atoms with Crippen molar-refractivity contribution in [1.29, 1.82) is 0 Å². The molecule has 0 aromatic carbocycles. The molecule has 1 unspecified atom stereocenters. The summed E-state index contributed by atoms with van der Waals surface area (Å²) in [5.41, 5.74) is 0. The number of hydrogen-bond acceptors (Lipinski definition) is 2. The maximum absolute atomic E-state index is 8.76. The van der Waals surface area contributed by atoms with Gasteiger partial charge < -0.3 is 10.4 Å². The van der Waals surface area contributed by atoms with E-state index in [2.05, 4.69) is 33.0 Å². The van der Waals surface area contributed by atoms with E-state index in [1.807, 2.05) is 13.8 Å². The van der Waals surface area contributed by atoms with E-state index in [-0.39, 0.29) is 6.61 Å². The summed E-state index contributed by atoms with van der Waals surface area (Å²) in [6.45, 7) is 12.9. The van der Waals surface area contributed by atoms with Crippen LogP contribution in [0.2, 0.25) is 0 Å². The Morgan fingerprint density at radius 3 is 1.77 bits per heavy atom. The van der Waals surface area contributed by atoms with Crippen molar-refractivity contribution in [2.24, 2.45) is 5.92 Å². The minimum Gasteiger partial charge on any atom is -0.396 e. The minimum atomic E-state index is 0.280. The second-order valence-corrected chi connectivity index (χ2v) is 3.68. The molecule has 0 bridgehead atoms. The maximum Gasteiger partial charge on any atom is 0.0445 e. The molecule has 0 fully saturated rings. The van der Waals surface area contributed by atoms with E-state index in [0.717, 1.165) is 6.42 Å². The Kier molecular flexibility index (Phi) is 11.8. The predicted octanol–water partition coefficient (Wildman–Crippen LogP) is 2.42. The molecule has 0 saturated heterocycles. The van der Waals surface area contributed by atoms with Crippen molar-refractivity contribution in [3.05, 3.63) is 0 Å². The third-order valence-corrected chi connectivity index (χ3v) is 1.79. The van der Waals surface area contributed by atoms with Crippen LogP contribution in [0.1, 0.15) is 48.0 Å².